The van der Waals surface area contributed by atoms with Crippen molar-refractivity contribution in [2.24, 2.45) is 0 Å². The monoisotopic (exact) mass is 327 g/mol. The van der Waals surface area contributed by atoms with Crippen molar-refractivity contribution in [3.8, 4) is 17.2 Å². The summed E-state index contributed by atoms with van der Waals surface area (Å²) in [5.41, 5.74) is 1.94. The third kappa shape index (κ3) is 4.19. The van der Waals surface area contributed by atoms with Gasteiger partial charge in [-0.25, -0.2) is 0 Å². The third-order valence-electron chi connectivity index (χ3n) is 3.70. The molecule has 0 spiro atoms. The molecule has 0 bridgehead atoms. The van der Waals surface area contributed by atoms with Gasteiger partial charge in [0.1, 0.15) is 19.0 Å². The van der Waals surface area contributed by atoms with Crippen LogP contribution in [0.3, 0.4) is 0 Å². The van der Waals surface area contributed by atoms with Crippen LogP contribution in [0.5, 0.6) is 17.2 Å². The number of ether oxygens (including phenoxy) is 3. The van der Waals surface area contributed by atoms with Gasteiger partial charge < -0.3 is 19.5 Å². The first kappa shape index (κ1) is 16.2. The molecule has 1 N–H and O–H groups in total. The Hall–Kier alpha value is -2.69. The van der Waals surface area contributed by atoms with Crippen LogP contribution in [-0.2, 0) is 17.8 Å². The van der Waals surface area contributed by atoms with Gasteiger partial charge in [-0.1, -0.05) is 18.2 Å². The molecular formula is C19H21NO4. The second kappa shape index (κ2) is 7.73. The highest BCUT2D eigenvalue weighted by Gasteiger charge is 2.12. The van der Waals surface area contributed by atoms with Gasteiger partial charge in [-0.2, -0.15) is 0 Å². The Kier molecular flexibility index (Phi) is 5.21. The van der Waals surface area contributed by atoms with E-state index in [1.165, 1.54) is 0 Å². The lowest BCUT2D eigenvalue weighted by Gasteiger charge is -2.19. The van der Waals surface area contributed by atoms with Crippen LogP contribution in [0.4, 0.5) is 0 Å². The summed E-state index contributed by atoms with van der Waals surface area (Å²) in [6, 6.07) is 13.3. The molecule has 1 aliphatic heterocycles. The maximum absolute atomic E-state index is 12.1. The van der Waals surface area contributed by atoms with Crippen molar-refractivity contribution in [3.63, 3.8) is 0 Å². The minimum atomic E-state index is -0.0194. The highest BCUT2D eigenvalue weighted by atomic mass is 16.6. The lowest BCUT2D eigenvalue weighted by Crippen LogP contribution is -2.24. The first-order valence-corrected chi connectivity index (χ1v) is 8.11. The first-order valence-electron chi connectivity index (χ1n) is 8.11. The minimum Gasteiger partial charge on any atom is -0.494 e. The summed E-state index contributed by atoms with van der Waals surface area (Å²) >= 11 is 0. The Morgan fingerprint density at radius 1 is 1.04 bits per heavy atom. The number of carbonyl (C=O) groups excluding carboxylic acids is 1. The van der Waals surface area contributed by atoms with Crippen molar-refractivity contribution in [1.29, 1.82) is 0 Å². The van der Waals surface area contributed by atoms with Crippen LogP contribution in [0.25, 0.3) is 0 Å². The number of hydrogen-bond acceptors (Lipinski definition) is 4. The van der Waals surface area contributed by atoms with Crippen LogP contribution < -0.4 is 19.5 Å². The molecule has 0 fully saturated rings. The number of amides is 1. The van der Waals surface area contributed by atoms with Gasteiger partial charge in [-0.3, -0.25) is 4.79 Å². The standard InChI is InChI=1S/C19H21NO4/c1-2-22-16-6-3-14(4-7-16)12-19(21)20-13-15-5-8-17-18(11-15)24-10-9-23-17/h3-8,11H,2,9-10,12-13H2,1H3,(H,20,21). The third-order valence-corrected chi connectivity index (χ3v) is 3.70. The fraction of sp³-hybridized carbons (Fsp3) is 0.316. The Morgan fingerprint density at radius 2 is 1.75 bits per heavy atom. The SMILES string of the molecule is CCOc1ccc(CC(=O)NCc2ccc3c(c2)OCCO3)cc1. The number of rotatable bonds is 6. The smallest absolute Gasteiger partial charge is 0.224 e. The van der Waals surface area contributed by atoms with Gasteiger partial charge in [-0.05, 0) is 42.3 Å². The zero-order valence-corrected chi connectivity index (χ0v) is 13.7. The summed E-state index contributed by atoms with van der Waals surface area (Å²) in [5, 5.41) is 2.93. The average Bonchev–Trinajstić information content (AvgIpc) is 2.62. The molecule has 2 aromatic carbocycles. The van der Waals surface area contributed by atoms with Gasteiger partial charge in [0.05, 0.1) is 13.0 Å². The molecular weight excluding hydrogens is 306 g/mol. The minimum absolute atomic E-state index is 0.0194. The van der Waals surface area contributed by atoms with Gasteiger partial charge in [-0.15, -0.1) is 0 Å². The number of benzene rings is 2. The predicted octanol–water partition coefficient (Wildman–Crippen LogP) is 2.72. The number of carbonyl (C=O) groups is 1. The highest BCUT2D eigenvalue weighted by Crippen LogP contribution is 2.30. The zero-order valence-electron chi connectivity index (χ0n) is 13.7. The lowest BCUT2D eigenvalue weighted by atomic mass is 10.1. The number of fused-ring (bicyclic) bond motifs is 1. The molecule has 0 aliphatic carbocycles. The molecule has 0 saturated heterocycles. The Balaban J connectivity index is 1.52. The zero-order chi connectivity index (χ0) is 16.8. The number of hydrogen-bond donors (Lipinski definition) is 1. The van der Waals surface area contributed by atoms with E-state index in [4.69, 9.17) is 14.2 Å². The van der Waals surface area contributed by atoms with Gasteiger partial charge in [0.2, 0.25) is 5.91 Å². The predicted molar refractivity (Wildman–Crippen MR) is 90.6 cm³/mol. The second-order valence-electron chi connectivity index (χ2n) is 5.51. The van der Waals surface area contributed by atoms with E-state index in [1.807, 2.05) is 49.4 Å². The molecule has 1 heterocycles. The molecule has 0 atom stereocenters. The molecule has 0 saturated carbocycles. The van der Waals surface area contributed by atoms with Crippen LogP contribution in [0.2, 0.25) is 0 Å². The van der Waals surface area contributed by atoms with E-state index in [0.29, 0.717) is 32.8 Å². The van der Waals surface area contributed by atoms with Gasteiger partial charge in [0.15, 0.2) is 11.5 Å². The van der Waals surface area contributed by atoms with Gasteiger partial charge >= 0.3 is 0 Å². The van der Waals surface area contributed by atoms with Crippen molar-refractivity contribution in [2.75, 3.05) is 19.8 Å². The maximum atomic E-state index is 12.1. The van der Waals surface area contributed by atoms with E-state index in [0.717, 1.165) is 28.4 Å². The van der Waals surface area contributed by atoms with Gasteiger partial charge in [0.25, 0.3) is 0 Å². The van der Waals surface area contributed by atoms with Crippen LogP contribution in [0.1, 0.15) is 18.1 Å². The molecule has 126 valence electrons. The van der Waals surface area contributed by atoms with E-state index in [2.05, 4.69) is 5.32 Å². The lowest BCUT2D eigenvalue weighted by molar-refractivity contribution is -0.120. The molecule has 2 aromatic rings. The Bertz CT molecular complexity index is 697. The molecule has 0 aromatic heterocycles. The summed E-state index contributed by atoms with van der Waals surface area (Å²) in [6.45, 7) is 4.17. The van der Waals surface area contributed by atoms with Crippen molar-refractivity contribution >= 4 is 5.91 Å². The maximum Gasteiger partial charge on any atom is 0.224 e. The molecule has 5 nitrogen and oxygen atoms in total. The summed E-state index contributed by atoms with van der Waals surface area (Å²) in [5.74, 6) is 2.29. The Morgan fingerprint density at radius 3 is 2.50 bits per heavy atom. The summed E-state index contributed by atoms with van der Waals surface area (Å²) in [7, 11) is 0. The summed E-state index contributed by atoms with van der Waals surface area (Å²) in [6.07, 6.45) is 0.344. The van der Waals surface area contributed by atoms with E-state index in [-0.39, 0.29) is 5.91 Å². The molecule has 3 rings (SSSR count). The molecule has 24 heavy (non-hydrogen) atoms. The van der Waals surface area contributed by atoms with Crippen molar-refractivity contribution in [1.82, 2.24) is 5.32 Å². The van der Waals surface area contributed by atoms with Gasteiger partial charge in [0, 0.05) is 6.54 Å². The molecule has 5 heteroatoms. The fourth-order valence-corrected chi connectivity index (χ4v) is 2.52. The summed E-state index contributed by atoms with van der Waals surface area (Å²) < 4.78 is 16.4. The van der Waals surface area contributed by atoms with Crippen LogP contribution >= 0.6 is 0 Å². The second-order valence-corrected chi connectivity index (χ2v) is 5.51. The summed E-state index contributed by atoms with van der Waals surface area (Å²) in [4.78, 5) is 12.1. The van der Waals surface area contributed by atoms with Crippen LogP contribution in [0, 0.1) is 0 Å². The van der Waals surface area contributed by atoms with E-state index < -0.39 is 0 Å². The fourth-order valence-electron chi connectivity index (χ4n) is 2.52. The largest absolute Gasteiger partial charge is 0.494 e. The Labute approximate surface area is 141 Å². The quantitative estimate of drug-likeness (QED) is 0.886. The van der Waals surface area contributed by atoms with Crippen molar-refractivity contribution < 1.29 is 19.0 Å². The molecule has 0 radical (unpaired) electrons. The van der Waals surface area contributed by atoms with E-state index in [1.54, 1.807) is 0 Å². The van der Waals surface area contributed by atoms with E-state index >= 15 is 0 Å². The van der Waals surface area contributed by atoms with Crippen LogP contribution in [-0.4, -0.2) is 25.7 Å². The van der Waals surface area contributed by atoms with E-state index in [9.17, 15) is 4.79 Å². The molecule has 0 unspecified atom stereocenters. The first-order chi connectivity index (χ1) is 11.7. The molecule has 1 aliphatic rings. The number of nitrogens with one attached hydrogen (secondary N) is 1. The molecule has 1 amide bonds. The van der Waals surface area contributed by atoms with Crippen molar-refractivity contribution in [2.45, 2.75) is 19.9 Å². The normalized spacial score (nSPS) is 12.5. The van der Waals surface area contributed by atoms with Crippen LogP contribution in [0.15, 0.2) is 42.5 Å². The average molecular weight is 327 g/mol. The topological polar surface area (TPSA) is 56.8 Å². The van der Waals surface area contributed by atoms with Crippen molar-refractivity contribution in [3.05, 3.63) is 53.6 Å². The highest BCUT2D eigenvalue weighted by molar-refractivity contribution is 5.78.